The minimum absolute atomic E-state index is 0.0428. The van der Waals surface area contributed by atoms with Crippen LogP contribution >= 0.6 is 34.8 Å². The summed E-state index contributed by atoms with van der Waals surface area (Å²) in [6.07, 6.45) is 0. The van der Waals surface area contributed by atoms with Crippen molar-refractivity contribution in [2.24, 2.45) is 0 Å². The van der Waals surface area contributed by atoms with E-state index in [4.69, 9.17) is 44.3 Å². The molecule has 0 fully saturated rings. The third-order valence-electron chi connectivity index (χ3n) is 4.48. The molecule has 3 aromatic carbocycles. The minimum Gasteiger partial charge on any atom is -0.495 e. The summed E-state index contributed by atoms with van der Waals surface area (Å²) >= 11 is 18.2. The molecule has 1 amide bonds. The predicted octanol–water partition coefficient (Wildman–Crippen LogP) is 6.00. The summed E-state index contributed by atoms with van der Waals surface area (Å²) in [7, 11) is -1.74. The summed E-state index contributed by atoms with van der Waals surface area (Å²) in [6, 6.07) is 7.51. The lowest BCUT2D eigenvalue weighted by molar-refractivity contribution is 0.102. The second kappa shape index (κ2) is 10.2. The summed E-state index contributed by atoms with van der Waals surface area (Å²) in [6.45, 7) is 0. The molecule has 0 bridgehead atoms. The molecule has 0 unspecified atom stereocenters. The van der Waals surface area contributed by atoms with E-state index in [1.165, 1.54) is 26.4 Å². The Morgan fingerprint density at radius 3 is 2.09 bits per heavy atom. The van der Waals surface area contributed by atoms with Crippen molar-refractivity contribution in [1.29, 1.82) is 0 Å². The molecule has 3 rings (SSSR count). The highest BCUT2D eigenvalue weighted by molar-refractivity contribution is 7.92. The molecule has 0 radical (unpaired) electrons. The molecule has 180 valence electrons. The third-order valence-corrected chi connectivity index (χ3v) is 6.91. The zero-order valence-electron chi connectivity index (χ0n) is 17.4. The normalized spacial score (nSPS) is 11.1. The van der Waals surface area contributed by atoms with Gasteiger partial charge in [0.2, 0.25) is 0 Å². The largest absolute Gasteiger partial charge is 0.495 e. The number of amides is 1. The van der Waals surface area contributed by atoms with Crippen LogP contribution < -0.4 is 19.5 Å². The third kappa shape index (κ3) is 5.30. The van der Waals surface area contributed by atoms with E-state index in [0.717, 1.165) is 30.3 Å². The van der Waals surface area contributed by atoms with Gasteiger partial charge in [-0.2, -0.15) is 0 Å². The fourth-order valence-corrected chi connectivity index (χ4v) is 5.01. The Labute approximate surface area is 208 Å². The van der Waals surface area contributed by atoms with E-state index in [2.05, 4.69) is 4.72 Å². The predicted molar refractivity (Wildman–Crippen MR) is 126 cm³/mol. The maximum Gasteiger partial charge on any atom is 0.263 e. The zero-order valence-corrected chi connectivity index (χ0v) is 20.5. The summed E-state index contributed by atoms with van der Waals surface area (Å²) in [4.78, 5) is 12.1. The van der Waals surface area contributed by atoms with Crippen molar-refractivity contribution in [3.8, 4) is 11.5 Å². The van der Waals surface area contributed by atoms with Crippen LogP contribution in [0, 0.1) is 11.6 Å². The first kappa shape index (κ1) is 25.8. The molecule has 0 atom stereocenters. The molecule has 0 aliphatic rings. The number of hydrogen-bond acceptors (Lipinski definition) is 5. The Kier molecular flexibility index (Phi) is 7.77. The first-order chi connectivity index (χ1) is 16.0. The number of rotatable bonds is 7. The highest BCUT2D eigenvalue weighted by Gasteiger charge is 2.25. The molecule has 0 aliphatic heterocycles. The van der Waals surface area contributed by atoms with Gasteiger partial charge in [0.25, 0.3) is 15.9 Å². The van der Waals surface area contributed by atoms with Crippen LogP contribution in [0.2, 0.25) is 15.1 Å². The molecular formula is C21H15Cl3F2N2O5S. The molecule has 0 saturated heterocycles. The molecular weight excluding hydrogens is 537 g/mol. The Balaban J connectivity index is 2.01. The first-order valence-corrected chi connectivity index (χ1v) is 11.8. The second-order valence-corrected chi connectivity index (χ2v) is 9.48. The van der Waals surface area contributed by atoms with Crippen molar-refractivity contribution in [1.82, 2.24) is 0 Å². The number of methoxy groups -OCH3 is 2. The number of sulfonamides is 1. The Morgan fingerprint density at radius 2 is 1.50 bits per heavy atom. The van der Waals surface area contributed by atoms with Gasteiger partial charge in [-0.1, -0.05) is 40.9 Å². The van der Waals surface area contributed by atoms with E-state index >= 15 is 0 Å². The fraction of sp³-hybridized carbons (Fsp3) is 0.0952. The average Bonchev–Trinajstić information content (AvgIpc) is 2.76. The van der Waals surface area contributed by atoms with Gasteiger partial charge in [0, 0.05) is 6.07 Å². The summed E-state index contributed by atoms with van der Waals surface area (Å²) < 4.78 is 66.5. The molecule has 0 aliphatic carbocycles. The van der Waals surface area contributed by atoms with E-state index in [1.54, 1.807) is 0 Å². The average molecular weight is 552 g/mol. The Morgan fingerprint density at radius 1 is 0.882 bits per heavy atom. The van der Waals surface area contributed by atoms with Gasteiger partial charge in [-0.05, 0) is 30.3 Å². The van der Waals surface area contributed by atoms with E-state index in [9.17, 15) is 22.0 Å². The molecule has 3 aromatic rings. The first-order valence-electron chi connectivity index (χ1n) is 9.17. The number of hydrogen-bond donors (Lipinski definition) is 2. The number of nitrogens with one attached hydrogen (secondary N) is 2. The number of ether oxygens (including phenoxy) is 2. The van der Waals surface area contributed by atoms with Crippen LogP contribution in [-0.4, -0.2) is 28.5 Å². The van der Waals surface area contributed by atoms with E-state index in [1.807, 2.05) is 5.32 Å². The SMILES string of the molecule is COc1cc(OC)c(NS(=O)(=O)c2cc(C(=O)Nc3c(F)cccc3F)c(Cl)cc2Cl)cc1Cl. The molecule has 34 heavy (non-hydrogen) atoms. The van der Waals surface area contributed by atoms with Crippen molar-refractivity contribution in [3.63, 3.8) is 0 Å². The van der Waals surface area contributed by atoms with E-state index < -0.39 is 43.7 Å². The minimum atomic E-state index is -4.42. The number of carbonyl (C=O) groups is 1. The molecule has 0 spiro atoms. The zero-order chi connectivity index (χ0) is 25.2. The van der Waals surface area contributed by atoms with Gasteiger partial charge < -0.3 is 14.8 Å². The summed E-state index contributed by atoms with van der Waals surface area (Å²) in [5.74, 6) is -2.80. The van der Waals surface area contributed by atoms with Crippen molar-refractivity contribution in [3.05, 3.63) is 74.7 Å². The number of carbonyl (C=O) groups excluding carboxylic acids is 1. The lowest BCUT2D eigenvalue weighted by Crippen LogP contribution is -2.18. The molecule has 0 aromatic heterocycles. The van der Waals surface area contributed by atoms with Gasteiger partial charge in [0.1, 0.15) is 33.7 Å². The number of para-hydroxylation sites is 1. The molecule has 13 heteroatoms. The van der Waals surface area contributed by atoms with Crippen LogP contribution in [-0.2, 0) is 10.0 Å². The van der Waals surface area contributed by atoms with Crippen LogP contribution in [0.4, 0.5) is 20.2 Å². The van der Waals surface area contributed by atoms with Gasteiger partial charge in [0.05, 0.1) is 40.5 Å². The molecule has 7 nitrogen and oxygen atoms in total. The van der Waals surface area contributed by atoms with Crippen LogP contribution in [0.15, 0.2) is 47.4 Å². The fourth-order valence-electron chi connectivity index (χ4n) is 2.85. The smallest absolute Gasteiger partial charge is 0.263 e. The van der Waals surface area contributed by atoms with Gasteiger partial charge in [-0.15, -0.1) is 0 Å². The Bertz CT molecular complexity index is 1370. The quantitative estimate of drug-likeness (QED) is 0.376. The molecule has 0 saturated carbocycles. The summed E-state index contributed by atoms with van der Waals surface area (Å²) in [5.41, 5.74) is -1.16. The van der Waals surface area contributed by atoms with Crippen molar-refractivity contribution in [2.75, 3.05) is 24.3 Å². The van der Waals surface area contributed by atoms with Gasteiger partial charge in [-0.3, -0.25) is 9.52 Å². The van der Waals surface area contributed by atoms with Crippen LogP contribution in [0.3, 0.4) is 0 Å². The highest BCUT2D eigenvalue weighted by Crippen LogP contribution is 2.38. The number of anilines is 2. The monoisotopic (exact) mass is 550 g/mol. The van der Waals surface area contributed by atoms with E-state index in [0.29, 0.717) is 0 Å². The highest BCUT2D eigenvalue weighted by atomic mass is 35.5. The lowest BCUT2D eigenvalue weighted by atomic mass is 10.2. The van der Waals surface area contributed by atoms with Crippen LogP contribution in [0.1, 0.15) is 10.4 Å². The topological polar surface area (TPSA) is 93.7 Å². The maximum absolute atomic E-state index is 13.9. The van der Waals surface area contributed by atoms with Gasteiger partial charge >= 0.3 is 0 Å². The van der Waals surface area contributed by atoms with Crippen molar-refractivity contribution >= 4 is 62.1 Å². The van der Waals surface area contributed by atoms with Crippen molar-refractivity contribution in [2.45, 2.75) is 4.90 Å². The lowest BCUT2D eigenvalue weighted by Gasteiger charge is -2.16. The maximum atomic E-state index is 13.9. The van der Waals surface area contributed by atoms with Gasteiger partial charge in [-0.25, -0.2) is 17.2 Å². The molecule has 2 N–H and O–H groups in total. The Hall–Kier alpha value is -2.79. The molecule has 0 heterocycles. The van der Waals surface area contributed by atoms with Crippen LogP contribution in [0.25, 0.3) is 0 Å². The number of halogens is 5. The van der Waals surface area contributed by atoms with E-state index in [-0.39, 0.29) is 32.3 Å². The van der Waals surface area contributed by atoms with Crippen LogP contribution in [0.5, 0.6) is 11.5 Å². The van der Waals surface area contributed by atoms with Gasteiger partial charge in [0.15, 0.2) is 0 Å². The second-order valence-electron chi connectivity index (χ2n) is 6.61. The summed E-state index contributed by atoms with van der Waals surface area (Å²) in [5, 5.41) is 1.57. The standard InChI is InChI=1S/C21H15Cl3F2N2O5S/c1-32-17-9-18(33-2)16(8-12(17)23)28-34(30,31)19-6-10(11(22)7-13(19)24)21(29)27-20-14(25)4-3-5-15(20)26/h3-9,28H,1-2H3,(H,27,29). The van der Waals surface area contributed by atoms with Crippen molar-refractivity contribution < 1.29 is 31.5 Å². The number of benzene rings is 3.